The van der Waals surface area contributed by atoms with Gasteiger partial charge < -0.3 is 10.6 Å². The first-order valence-electron chi connectivity index (χ1n) is 9.47. The molecule has 0 radical (unpaired) electrons. The highest BCUT2D eigenvalue weighted by Gasteiger charge is 2.76. The third-order valence-corrected chi connectivity index (χ3v) is 7.06. The third kappa shape index (κ3) is 6.68. The SMILES string of the molecule is CC(=O)Nc1ccc(NC(=O)CS(=O)c2ccc(S(=O)C(F)(F)C(F)(F)C(F)(F)F)cc2[N+](=O)[O-])cc1. The zero-order valence-electron chi connectivity index (χ0n) is 18.1. The van der Waals surface area contributed by atoms with Gasteiger partial charge in [0.25, 0.3) is 5.69 Å². The van der Waals surface area contributed by atoms with Crippen molar-refractivity contribution in [2.24, 2.45) is 0 Å². The summed E-state index contributed by atoms with van der Waals surface area (Å²) in [6.07, 6.45) is -6.78. The van der Waals surface area contributed by atoms with Gasteiger partial charge in [0.2, 0.25) is 11.8 Å². The number of amides is 2. The molecule has 0 aliphatic carbocycles. The van der Waals surface area contributed by atoms with Crippen LogP contribution in [0.25, 0.3) is 0 Å². The van der Waals surface area contributed by atoms with Crippen molar-refractivity contribution in [2.75, 3.05) is 16.4 Å². The largest absolute Gasteiger partial charge is 0.461 e. The summed E-state index contributed by atoms with van der Waals surface area (Å²) in [6.45, 7) is 1.26. The van der Waals surface area contributed by atoms with Crippen LogP contribution in [-0.4, -0.2) is 48.3 Å². The van der Waals surface area contributed by atoms with Crippen molar-refractivity contribution in [3.63, 3.8) is 0 Å². The number of anilines is 2. The molecule has 2 amide bonds. The summed E-state index contributed by atoms with van der Waals surface area (Å²) >= 11 is 0. The topological polar surface area (TPSA) is 135 Å². The molecular formula is C19H14F7N3O6S2. The lowest BCUT2D eigenvalue weighted by Crippen LogP contribution is -2.54. The van der Waals surface area contributed by atoms with Crippen LogP contribution in [0, 0.1) is 10.1 Å². The van der Waals surface area contributed by atoms with Gasteiger partial charge in [0.05, 0.1) is 20.6 Å². The Hall–Kier alpha value is -3.41. The Kier molecular flexibility index (Phi) is 8.79. The van der Waals surface area contributed by atoms with Crippen molar-refractivity contribution < 1.29 is 53.7 Å². The van der Waals surface area contributed by atoms with Crippen molar-refractivity contribution in [1.82, 2.24) is 0 Å². The maximum absolute atomic E-state index is 13.8. The van der Waals surface area contributed by atoms with Gasteiger partial charge in [-0.25, -0.2) is 4.21 Å². The number of nitrogens with zero attached hydrogens (tertiary/aromatic N) is 1. The Labute approximate surface area is 207 Å². The minimum absolute atomic E-state index is 0.0162. The first-order chi connectivity index (χ1) is 16.9. The molecule has 0 aliphatic heterocycles. The molecule has 0 spiro atoms. The molecule has 0 heterocycles. The van der Waals surface area contributed by atoms with Crippen molar-refractivity contribution in [2.45, 2.75) is 34.1 Å². The Morgan fingerprint density at radius 2 is 1.43 bits per heavy atom. The van der Waals surface area contributed by atoms with Crippen LogP contribution in [0.2, 0.25) is 0 Å². The predicted molar refractivity (Wildman–Crippen MR) is 116 cm³/mol. The first kappa shape index (κ1) is 29.8. The van der Waals surface area contributed by atoms with Gasteiger partial charge in [-0.2, -0.15) is 30.7 Å². The maximum atomic E-state index is 13.8. The lowest BCUT2D eigenvalue weighted by Gasteiger charge is -2.27. The van der Waals surface area contributed by atoms with Crippen LogP contribution < -0.4 is 10.6 Å². The molecule has 2 aromatic rings. The molecule has 0 aliphatic rings. The molecule has 0 saturated heterocycles. The minimum atomic E-state index is -6.78. The Morgan fingerprint density at radius 1 is 0.919 bits per heavy atom. The smallest absolute Gasteiger partial charge is 0.326 e. The third-order valence-electron chi connectivity index (χ3n) is 4.29. The number of alkyl halides is 7. The van der Waals surface area contributed by atoms with Gasteiger partial charge in [-0.15, -0.1) is 0 Å². The summed E-state index contributed by atoms with van der Waals surface area (Å²) in [7, 11) is -6.94. The first-order valence-corrected chi connectivity index (χ1v) is 11.9. The molecule has 18 heteroatoms. The standard InChI is InChI=1S/C19H14F7N3O6S2/c1-10(30)27-11-2-4-12(5-3-11)28-16(31)9-36(34)15-7-6-13(8-14(15)29(32)33)37(35)19(25,26)17(20,21)18(22,23)24/h2-8H,9H2,1H3,(H,27,30)(H,28,31). The van der Waals surface area contributed by atoms with Gasteiger partial charge in [0.1, 0.15) is 21.4 Å². The van der Waals surface area contributed by atoms with E-state index in [0.29, 0.717) is 17.8 Å². The second-order valence-corrected chi connectivity index (χ2v) is 9.98. The average Bonchev–Trinajstić information content (AvgIpc) is 2.78. The molecule has 0 aromatic heterocycles. The summed E-state index contributed by atoms with van der Waals surface area (Å²) in [5.41, 5.74) is -0.743. The predicted octanol–water partition coefficient (Wildman–Crippen LogP) is 4.20. The van der Waals surface area contributed by atoms with Gasteiger partial charge in [-0.3, -0.25) is 23.9 Å². The molecule has 0 bridgehead atoms. The summed E-state index contributed by atoms with van der Waals surface area (Å²) < 4.78 is 115. The van der Waals surface area contributed by atoms with Crippen molar-refractivity contribution >= 4 is 50.5 Å². The molecule has 2 unspecified atom stereocenters. The van der Waals surface area contributed by atoms with Crippen LogP contribution in [0.15, 0.2) is 52.3 Å². The quantitative estimate of drug-likeness (QED) is 0.261. The highest BCUT2D eigenvalue weighted by atomic mass is 32.2. The summed E-state index contributed by atoms with van der Waals surface area (Å²) in [5, 5.41) is 9.88. The Balaban J connectivity index is 2.26. The molecule has 0 fully saturated rings. The number of carbonyl (C=O) groups excluding carboxylic acids is 2. The maximum Gasteiger partial charge on any atom is 0.461 e. The highest BCUT2D eigenvalue weighted by molar-refractivity contribution is 7.86. The highest BCUT2D eigenvalue weighted by Crippen LogP contribution is 2.49. The van der Waals surface area contributed by atoms with E-state index in [0.717, 1.165) is 0 Å². The van der Waals surface area contributed by atoms with Crippen molar-refractivity contribution in [3.8, 4) is 0 Å². The molecule has 2 aromatic carbocycles. The van der Waals surface area contributed by atoms with E-state index in [-0.39, 0.29) is 17.7 Å². The lowest BCUT2D eigenvalue weighted by molar-refractivity contribution is -0.388. The fourth-order valence-corrected chi connectivity index (χ4v) is 4.72. The number of nitro benzene ring substituents is 1. The van der Waals surface area contributed by atoms with Gasteiger partial charge in [-0.05, 0) is 36.4 Å². The lowest BCUT2D eigenvalue weighted by atomic mass is 10.3. The van der Waals surface area contributed by atoms with E-state index in [2.05, 4.69) is 10.6 Å². The molecule has 0 saturated carbocycles. The van der Waals surface area contributed by atoms with Gasteiger partial charge in [0.15, 0.2) is 0 Å². The average molecular weight is 577 g/mol. The van der Waals surface area contributed by atoms with Crippen molar-refractivity contribution in [1.29, 1.82) is 0 Å². The minimum Gasteiger partial charge on any atom is -0.326 e. The second kappa shape index (κ2) is 10.9. The summed E-state index contributed by atoms with van der Waals surface area (Å²) in [6, 6.07) is 6.31. The molecule has 9 nitrogen and oxygen atoms in total. The van der Waals surface area contributed by atoms with Crippen LogP contribution in [0.5, 0.6) is 0 Å². The van der Waals surface area contributed by atoms with E-state index in [1.807, 2.05) is 0 Å². The monoisotopic (exact) mass is 577 g/mol. The normalized spacial score (nSPS) is 13.9. The number of carbonyl (C=O) groups is 2. The van der Waals surface area contributed by atoms with Crippen LogP contribution in [0.1, 0.15) is 6.92 Å². The van der Waals surface area contributed by atoms with Crippen molar-refractivity contribution in [3.05, 3.63) is 52.6 Å². The number of hydrogen-bond donors (Lipinski definition) is 2. The number of rotatable bonds is 9. The van der Waals surface area contributed by atoms with E-state index < -0.39 is 71.0 Å². The second-order valence-electron chi connectivity index (χ2n) is 7.04. The van der Waals surface area contributed by atoms with Gasteiger partial charge >= 0.3 is 17.4 Å². The molecular weight excluding hydrogens is 563 g/mol. The zero-order valence-corrected chi connectivity index (χ0v) is 19.7. The molecule has 2 N–H and O–H groups in total. The Bertz CT molecular complexity index is 1270. The Morgan fingerprint density at radius 3 is 1.89 bits per heavy atom. The van der Waals surface area contributed by atoms with E-state index in [4.69, 9.17) is 0 Å². The van der Waals surface area contributed by atoms with Crippen LogP contribution in [-0.2, 0) is 31.2 Å². The fourth-order valence-electron chi connectivity index (χ4n) is 2.61. The summed E-state index contributed by atoms with van der Waals surface area (Å²) in [4.78, 5) is 30.9. The molecule has 37 heavy (non-hydrogen) atoms. The number of halogens is 7. The molecule has 2 atom stereocenters. The van der Waals surface area contributed by atoms with Gasteiger partial charge in [-0.1, -0.05) is 0 Å². The molecule has 202 valence electrons. The number of nitro groups is 1. The van der Waals surface area contributed by atoms with E-state index in [1.54, 1.807) is 0 Å². The van der Waals surface area contributed by atoms with Crippen LogP contribution in [0.4, 0.5) is 47.8 Å². The number of benzene rings is 2. The van der Waals surface area contributed by atoms with E-state index in [1.165, 1.54) is 31.2 Å². The van der Waals surface area contributed by atoms with E-state index in [9.17, 15) is 58.9 Å². The molecule has 2 rings (SSSR count). The van der Waals surface area contributed by atoms with Crippen LogP contribution >= 0.6 is 0 Å². The van der Waals surface area contributed by atoms with Gasteiger partial charge in [0, 0.05) is 24.4 Å². The number of nitrogens with one attached hydrogen (secondary N) is 2. The zero-order chi connectivity index (χ0) is 28.3. The van der Waals surface area contributed by atoms with E-state index >= 15 is 0 Å². The summed E-state index contributed by atoms with van der Waals surface area (Å²) in [5.74, 6) is -8.95. The van der Waals surface area contributed by atoms with Crippen LogP contribution in [0.3, 0.4) is 0 Å². The number of hydrogen-bond acceptors (Lipinski definition) is 6. The fraction of sp³-hybridized carbons (Fsp3) is 0.263.